The summed E-state index contributed by atoms with van der Waals surface area (Å²) in [5.74, 6) is -2.59. The quantitative estimate of drug-likeness (QED) is 0.747. The van der Waals surface area contributed by atoms with Gasteiger partial charge >= 0.3 is 0 Å². The van der Waals surface area contributed by atoms with E-state index in [0.717, 1.165) is 18.2 Å². The van der Waals surface area contributed by atoms with E-state index in [1.807, 2.05) is 0 Å². The van der Waals surface area contributed by atoms with Gasteiger partial charge in [-0.25, -0.2) is 21.9 Å². The van der Waals surface area contributed by atoms with Crippen LogP contribution in [0.25, 0.3) is 0 Å². The molecule has 30 heavy (non-hydrogen) atoms. The number of carbonyl (C=O) groups excluding carboxylic acids is 2. The summed E-state index contributed by atoms with van der Waals surface area (Å²) in [4.78, 5) is 26.2. The van der Waals surface area contributed by atoms with Crippen LogP contribution in [0.15, 0.2) is 47.4 Å². The van der Waals surface area contributed by atoms with Crippen molar-refractivity contribution in [2.24, 2.45) is 0 Å². The van der Waals surface area contributed by atoms with Crippen molar-refractivity contribution in [3.05, 3.63) is 65.2 Å². The van der Waals surface area contributed by atoms with Crippen LogP contribution in [-0.2, 0) is 10.0 Å². The second kappa shape index (κ2) is 8.88. The van der Waals surface area contributed by atoms with Gasteiger partial charge in [0.1, 0.15) is 11.6 Å². The van der Waals surface area contributed by atoms with Gasteiger partial charge in [-0.3, -0.25) is 9.59 Å². The average molecular weight is 437 g/mol. The third kappa shape index (κ3) is 4.65. The lowest BCUT2D eigenvalue weighted by Gasteiger charge is -2.32. The Bertz CT molecular complexity index is 1070. The smallest absolute Gasteiger partial charge is 0.256 e. The van der Waals surface area contributed by atoms with Crippen LogP contribution in [0, 0.1) is 11.6 Å². The van der Waals surface area contributed by atoms with E-state index in [4.69, 9.17) is 0 Å². The van der Waals surface area contributed by atoms with Gasteiger partial charge in [-0.1, -0.05) is 12.1 Å². The maximum Gasteiger partial charge on any atom is 0.256 e. The second-order valence-corrected chi connectivity index (χ2v) is 8.76. The maximum absolute atomic E-state index is 14.1. The summed E-state index contributed by atoms with van der Waals surface area (Å²) >= 11 is 0. The predicted octanol–water partition coefficient (Wildman–Crippen LogP) is 1.91. The molecule has 0 bridgehead atoms. The number of halogens is 2. The van der Waals surface area contributed by atoms with E-state index in [9.17, 15) is 26.8 Å². The van der Waals surface area contributed by atoms with Gasteiger partial charge in [-0.2, -0.15) is 0 Å². The highest BCUT2D eigenvalue weighted by Gasteiger charge is 2.27. The summed E-state index contributed by atoms with van der Waals surface area (Å²) < 4.78 is 53.8. The van der Waals surface area contributed by atoms with Gasteiger partial charge in [0.25, 0.3) is 11.8 Å². The molecule has 0 aliphatic carbocycles. The Labute approximate surface area is 173 Å². The molecular formula is C20H21F2N3O4S. The Morgan fingerprint density at radius 1 is 1.00 bits per heavy atom. The molecule has 0 atom stereocenters. The summed E-state index contributed by atoms with van der Waals surface area (Å²) in [6, 6.07) is 8.38. The molecule has 0 radical (unpaired) electrons. The third-order valence-corrected chi connectivity index (χ3v) is 6.40. The van der Waals surface area contributed by atoms with Crippen LogP contribution in [-0.4, -0.2) is 51.3 Å². The summed E-state index contributed by atoms with van der Waals surface area (Å²) in [5.41, 5.74) is -0.388. The third-order valence-electron chi connectivity index (χ3n) is 4.98. The largest absolute Gasteiger partial charge is 0.349 e. The van der Waals surface area contributed by atoms with Crippen molar-refractivity contribution < 1.29 is 26.8 Å². The number of likely N-dealkylation sites (tertiary alicyclic amines) is 1. The predicted molar refractivity (Wildman–Crippen MR) is 105 cm³/mol. The second-order valence-electron chi connectivity index (χ2n) is 6.87. The molecule has 0 unspecified atom stereocenters. The molecule has 0 saturated carbocycles. The number of benzene rings is 2. The van der Waals surface area contributed by atoms with Crippen LogP contribution >= 0.6 is 0 Å². The highest BCUT2D eigenvalue weighted by atomic mass is 32.2. The van der Waals surface area contributed by atoms with Gasteiger partial charge in [-0.05, 0) is 50.2 Å². The van der Waals surface area contributed by atoms with Crippen molar-refractivity contribution in [3.63, 3.8) is 0 Å². The van der Waals surface area contributed by atoms with Crippen molar-refractivity contribution in [2.75, 3.05) is 20.1 Å². The molecular weight excluding hydrogens is 416 g/mol. The van der Waals surface area contributed by atoms with E-state index < -0.39 is 33.5 Å². The summed E-state index contributed by atoms with van der Waals surface area (Å²) in [5, 5.41) is 2.68. The number of amides is 2. The highest BCUT2D eigenvalue weighted by Crippen LogP contribution is 2.18. The van der Waals surface area contributed by atoms with E-state index in [0.29, 0.717) is 25.9 Å². The fraction of sp³-hybridized carbons (Fsp3) is 0.300. The molecule has 1 aliphatic rings. The topological polar surface area (TPSA) is 95.6 Å². The van der Waals surface area contributed by atoms with Crippen molar-refractivity contribution in [1.82, 2.24) is 14.9 Å². The van der Waals surface area contributed by atoms with Crippen LogP contribution in [0.3, 0.4) is 0 Å². The number of rotatable bonds is 5. The normalized spacial score (nSPS) is 15.1. The zero-order valence-electron chi connectivity index (χ0n) is 16.2. The number of piperidine rings is 1. The molecule has 1 fully saturated rings. The first-order chi connectivity index (χ1) is 14.2. The van der Waals surface area contributed by atoms with E-state index in [1.54, 1.807) is 6.07 Å². The standard InChI is InChI=1S/C20H21F2N3O4S/c1-23-30(28,29)14-6-7-18(22)16(12-14)19(26)24-13-8-10-25(11-9-13)20(27)15-4-2-3-5-17(15)21/h2-7,12-13,23H,8-11H2,1H3,(H,24,26). The lowest BCUT2D eigenvalue weighted by atomic mass is 10.0. The van der Waals surface area contributed by atoms with Crippen LogP contribution in [0.4, 0.5) is 8.78 Å². The van der Waals surface area contributed by atoms with Crippen molar-refractivity contribution in [1.29, 1.82) is 0 Å². The Hall–Kier alpha value is -2.85. The summed E-state index contributed by atoms with van der Waals surface area (Å²) in [7, 11) is -2.61. The molecule has 2 aromatic rings. The van der Waals surface area contributed by atoms with Gasteiger partial charge in [0.2, 0.25) is 10.0 Å². The van der Waals surface area contributed by atoms with Crippen LogP contribution in [0.1, 0.15) is 33.6 Å². The number of nitrogens with zero attached hydrogens (tertiary/aromatic N) is 1. The van der Waals surface area contributed by atoms with Gasteiger partial charge in [0, 0.05) is 19.1 Å². The Balaban J connectivity index is 1.64. The molecule has 0 aromatic heterocycles. The molecule has 1 heterocycles. The van der Waals surface area contributed by atoms with Crippen LogP contribution in [0.2, 0.25) is 0 Å². The minimum Gasteiger partial charge on any atom is -0.349 e. The SMILES string of the molecule is CNS(=O)(=O)c1ccc(F)c(C(=O)NC2CCN(C(=O)c3ccccc3F)CC2)c1. The minimum absolute atomic E-state index is 0.00962. The first-order valence-corrected chi connectivity index (χ1v) is 10.8. The van der Waals surface area contributed by atoms with Gasteiger partial charge in [0.05, 0.1) is 16.0 Å². The van der Waals surface area contributed by atoms with Crippen molar-refractivity contribution in [3.8, 4) is 0 Å². The molecule has 2 aromatic carbocycles. The van der Waals surface area contributed by atoms with Crippen molar-refractivity contribution in [2.45, 2.75) is 23.8 Å². The van der Waals surface area contributed by atoms with Gasteiger partial charge in [-0.15, -0.1) is 0 Å². The molecule has 7 nitrogen and oxygen atoms in total. The highest BCUT2D eigenvalue weighted by molar-refractivity contribution is 7.89. The lowest BCUT2D eigenvalue weighted by molar-refractivity contribution is 0.0693. The molecule has 3 rings (SSSR count). The Kier molecular flexibility index (Phi) is 6.47. The fourth-order valence-electron chi connectivity index (χ4n) is 3.26. The van der Waals surface area contributed by atoms with Gasteiger partial charge < -0.3 is 10.2 Å². The molecule has 1 saturated heterocycles. The number of carbonyl (C=O) groups is 2. The zero-order chi connectivity index (χ0) is 21.9. The average Bonchev–Trinajstić information content (AvgIpc) is 2.74. The number of nitrogens with one attached hydrogen (secondary N) is 2. The molecule has 0 spiro atoms. The van der Waals surface area contributed by atoms with Gasteiger partial charge in [0.15, 0.2) is 0 Å². The van der Waals surface area contributed by atoms with Crippen LogP contribution in [0.5, 0.6) is 0 Å². The van der Waals surface area contributed by atoms with E-state index in [-0.39, 0.29) is 22.1 Å². The first kappa shape index (κ1) is 21.8. The molecule has 160 valence electrons. The van der Waals surface area contributed by atoms with E-state index in [1.165, 1.54) is 30.1 Å². The molecule has 1 aliphatic heterocycles. The summed E-state index contributed by atoms with van der Waals surface area (Å²) in [6.45, 7) is 0.601. The molecule has 2 amide bonds. The maximum atomic E-state index is 14.1. The van der Waals surface area contributed by atoms with Crippen molar-refractivity contribution >= 4 is 21.8 Å². The number of hydrogen-bond acceptors (Lipinski definition) is 4. The summed E-state index contributed by atoms with van der Waals surface area (Å²) in [6.07, 6.45) is 0.810. The first-order valence-electron chi connectivity index (χ1n) is 9.30. The Morgan fingerprint density at radius 2 is 1.63 bits per heavy atom. The molecule has 10 heteroatoms. The van der Waals surface area contributed by atoms with E-state index >= 15 is 0 Å². The number of hydrogen-bond donors (Lipinski definition) is 2. The zero-order valence-corrected chi connectivity index (χ0v) is 17.0. The Morgan fingerprint density at radius 3 is 2.27 bits per heavy atom. The minimum atomic E-state index is -3.82. The van der Waals surface area contributed by atoms with E-state index in [2.05, 4.69) is 10.0 Å². The van der Waals surface area contributed by atoms with Crippen LogP contribution < -0.4 is 10.0 Å². The molecule has 2 N–H and O–H groups in total. The monoisotopic (exact) mass is 437 g/mol. The lowest BCUT2D eigenvalue weighted by Crippen LogP contribution is -2.46. The fourth-order valence-corrected chi connectivity index (χ4v) is 4.01. The number of sulfonamides is 1.